The summed E-state index contributed by atoms with van der Waals surface area (Å²) in [6, 6.07) is 13.9. The summed E-state index contributed by atoms with van der Waals surface area (Å²) in [6.07, 6.45) is 8.40. The fraction of sp³-hybridized carbons (Fsp3) is 0.417. The Balaban J connectivity index is 1.41. The molecule has 5 amide bonds. The molecule has 1 aromatic heterocycles. The van der Waals surface area contributed by atoms with Gasteiger partial charge in [0.2, 0.25) is 23.6 Å². The lowest BCUT2D eigenvalue weighted by molar-refractivity contribution is -0.138. The van der Waals surface area contributed by atoms with E-state index in [-0.39, 0.29) is 37.6 Å². The molecule has 0 bridgehead atoms. The molecule has 0 unspecified atom stereocenters. The van der Waals surface area contributed by atoms with Gasteiger partial charge in [-0.15, -0.1) is 0 Å². The third-order valence-corrected chi connectivity index (χ3v) is 8.74. The van der Waals surface area contributed by atoms with Crippen LogP contribution in [0.15, 0.2) is 73.2 Å². The highest BCUT2D eigenvalue weighted by molar-refractivity contribution is 6.01. The number of hydrogen-bond acceptors (Lipinski definition) is 8. The van der Waals surface area contributed by atoms with Crippen molar-refractivity contribution in [3.05, 3.63) is 90.0 Å². The second-order valence-corrected chi connectivity index (χ2v) is 12.4. The molecule has 2 aromatic carbocycles. The Morgan fingerprint density at radius 1 is 0.918 bits per heavy atom. The van der Waals surface area contributed by atoms with Crippen LogP contribution in [0, 0.1) is 0 Å². The summed E-state index contributed by atoms with van der Waals surface area (Å²) in [5, 5.41) is 14.3. The molecule has 0 radical (unpaired) electrons. The minimum atomic E-state index is -1.28. The molecule has 1 aliphatic heterocycles. The fourth-order valence-electron chi connectivity index (χ4n) is 6.13. The molecule has 5 N–H and O–H groups in total. The predicted molar refractivity (Wildman–Crippen MR) is 180 cm³/mol. The number of aromatic nitrogens is 2. The second kappa shape index (κ2) is 17.2. The van der Waals surface area contributed by atoms with E-state index >= 15 is 0 Å². The molecule has 0 saturated heterocycles. The van der Waals surface area contributed by atoms with Crippen LogP contribution in [-0.2, 0) is 32.0 Å². The van der Waals surface area contributed by atoms with Crippen LogP contribution in [0.1, 0.15) is 66.6 Å². The minimum absolute atomic E-state index is 0.191. The summed E-state index contributed by atoms with van der Waals surface area (Å²) >= 11 is 0. The molecule has 258 valence electrons. The van der Waals surface area contributed by atoms with E-state index in [9.17, 15) is 24.0 Å². The first-order chi connectivity index (χ1) is 23.8. The molecule has 5 rings (SSSR count). The van der Waals surface area contributed by atoms with Crippen molar-refractivity contribution in [2.75, 3.05) is 19.7 Å². The quantitative estimate of drug-likeness (QED) is 0.263. The highest BCUT2D eigenvalue weighted by Gasteiger charge is 2.43. The van der Waals surface area contributed by atoms with Crippen LogP contribution in [0.5, 0.6) is 5.75 Å². The molecule has 49 heavy (non-hydrogen) atoms. The zero-order valence-electron chi connectivity index (χ0n) is 27.4. The van der Waals surface area contributed by atoms with E-state index in [2.05, 4.69) is 36.6 Å². The smallest absolute Gasteiger partial charge is 0.255 e. The summed E-state index contributed by atoms with van der Waals surface area (Å²) in [6.45, 7) is 0.660. The Hall–Kier alpha value is -5.33. The van der Waals surface area contributed by atoms with Crippen molar-refractivity contribution in [3.8, 4) is 5.75 Å². The summed E-state index contributed by atoms with van der Waals surface area (Å²) in [7, 11) is 0. The summed E-state index contributed by atoms with van der Waals surface area (Å²) < 4.78 is 5.91. The summed E-state index contributed by atoms with van der Waals surface area (Å²) in [4.78, 5) is 76.6. The van der Waals surface area contributed by atoms with Gasteiger partial charge in [-0.25, -0.2) is 0 Å². The van der Waals surface area contributed by atoms with Gasteiger partial charge in [-0.1, -0.05) is 61.7 Å². The number of nitrogens with zero attached hydrogens (tertiary/aromatic N) is 2. The third-order valence-electron chi connectivity index (χ3n) is 8.74. The van der Waals surface area contributed by atoms with Gasteiger partial charge in [0, 0.05) is 44.5 Å². The number of amides is 5. The van der Waals surface area contributed by atoms with Gasteiger partial charge in [0.05, 0.1) is 24.3 Å². The first-order valence-electron chi connectivity index (χ1n) is 16.8. The van der Waals surface area contributed by atoms with E-state index in [1.165, 1.54) is 0 Å². The molecule has 13 heteroatoms. The van der Waals surface area contributed by atoms with Crippen molar-refractivity contribution in [2.24, 2.45) is 0 Å². The van der Waals surface area contributed by atoms with E-state index in [4.69, 9.17) is 4.74 Å². The maximum Gasteiger partial charge on any atom is 0.255 e. The second-order valence-electron chi connectivity index (χ2n) is 12.4. The van der Waals surface area contributed by atoms with Crippen LogP contribution in [0.2, 0.25) is 0 Å². The average molecular weight is 670 g/mol. The molecule has 2 aliphatic rings. The van der Waals surface area contributed by atoms with Crippen LogP contribution in [0.25, 0.3) is 0 Å². The first-order valence-corrected chi connectivity index (χ1v) is 16.8. The SMILES string of the molecule is O=C1C[C@@H](C(=O)NCCc2cnccn2)NC(=O)c2ccccc2OCCCNC(=O)[C@H](Cc2ccccc2)NC(=O)C2(CCCCC2)N1. The standard InChI is InChI=1S/C36H43N7O6/c44-31-23-29(34(47)40-18-14-26-24-37-19-20-38-26)41-32(45)27-12-5-6-13-30(27)49-21-9-17-39-33(46)28(22-25-10-3-1-4-11-25)42-35(48)36(43-31)15-7-2-8-16-36/h1,3-6,10-13,19-20,24,28-29H,2,7-9,14-18,21-23H2,(H,39,46)(H,40,47)(H,41,45)(H,42,48)(H,43,44)/t28-,29-/m0/s1. The molecule has 1 aliphatic carbocycles. The Morgan fingerprint density at radius 2 is 1.69 bits per heavy atom. The molecule has 2 atom stereocenters. The summed E-state index contributed by atoms with van der Waals surface area (Å²) in [5.74, 6) is -2.25. The van der Waals surface area contributed by atoms with Crippen molar-refractivity contribution >= 4 is 29.5 Å². The third kappa shape index (κ3) is 9.84. The zero-order chi connectivity index (χ0) is 34.5. The zero-order valence-corrected chi connectivity index (χ0v) is 27.4. The lowest BCUT2D eigenvalue weighted by Crippen LogP contribution is -2.63. The Bertz CT molecular complexity index is 1600. The molecule has 1 spiro atoms. The molecule has 1 saturated carbocycles. The van der Waals surface area contributed by atoms with Crippen molar-refractivity contribution < 1.29 is 28.7 Å². The monoisotopic (exact) mass is 669 g/mol. The maximum atomic E-state index is 14.1. The topological polar surface area (TPSA) is 181 Å². The average Bonchev–Trinajstić information content (AvgIpc) is 3.11. The van der Waals surface area contributed by atoms with Crippen molar-refractivity contribution in [3.63, 3.8) is 0 Å². The number of fused-ring (bicyclic) bond motifs is 1. The van der Waals surface area contributed by atoms with Gasteiger partial charge < -0.3 is 31.3 Å². The molecule has 3 aromatic rings. The van der Waals surface area contributed by atoms with Crippen LogP contribution >= 0.6 is 0 Å². The lowest BCUT2D eigenvalue weighted by atomic mass is 9.80. The van der Waals surface area contributed by atoms with Crippen LogP contribution < -0.4 is 31.3 Å². The van der Waals surface area contributed by atoms with Crippen molar-refractivity contribution in [2.45, 2.75) is 75.4 Å². The van der Waals surface area contributed by atoms with Crippen LogP contribution in [0.4, 0.5) is 0 Å². The van der Waals surface area contributed by atoms with Crippen molar-refractivity contribution in [1.29, 1.82) is 0 Å². The molecule has 1 fully saturated rings. The van der Waals surface area contributed by atoms with Gasteiger partial charge >= 0.3 is 0 Å². The van der Waals surface area contributed by atoms with E-state index in [1.807, 2.05) is 30.3 Å². The van der Waals surface area contributed by atoms with Crippen molar-refractivity contribution in [1.82, 2.24) is 36.6 Å². The number of carbonyl (C=O) groups is 5. The van der Waals surface area contributed by atoms with E-state index < -0.39 is 47.7 Å². The number of hydrogen-bond donors (Lipinski definition) is 5. The number of ether oxygens (including phenoxy) is 1. The van der Waals surface area contributed by atoms with E-state index in [0.29, 0.717) is 50.0 Å². The molecular weight excluding hydrogens is 626 g/mol. The van der Waals surface area contributed by atoms with Gasteiger partial charge in [0.25, 0.3) is 5.91 Å². The number of benzene rings is 2. The van der Waals surface area contributed by atoms with Gasteiger partial charge in [0.1, 0.15) is 23.4 Å². The fourth-order valence-corrected chi connectivity index (χ4v) is 6.13. The Labute approximate surface area is 285 Å². The van der Waals surface area contributed by atoms with E-state index in [1.54, 1.807) is 42.9 Å². The Kier molecular flexibility index (Phi) is 12.3. The van der Waals surface area contributed by atoms with Gasteiger partial charge in [-0.3, -0.25) is 33.9 Å². The predicted octanol–water partition coefficient (Wildman–Crippen LogP) is 1.77. The lowest BCUT2D eigenvalue weighted by Gasteiger charge is -2.38. The van der Waals surface area contributed by atoms with E-state index in [0.717, 1.165) is 12.0 Å². The number of para-hydroxylation sites is 1. The van der Waals surface area contributed by atoms with Crippen LogP contribution in [-0.4, -0.2) is 76.8 Å². The van der Waals surface area contributed by atoms with Gasteiger partial charge in [-0.05, 0) is 37.0 Å². The number of nitrogens with one attached hydrogen (secondary N) is 5. The normalized spacial score (nSPS) is 20.6. The molecular formula is C36H43N7O6. The number of carbonyl (C=O) groups excluding carboxylic acids is 5. The highest BCUT2D eigenvalue weighted by atomic mass is 16.5. The molecule has 13 nitrogen and oxygen atoms in total. The highest BCUT2D eigenvalue weighted by Crippen LogP contribution is 2.29. The maximum absolute atomic E-state index is 14.1. The minimum Gasteiger partial charge on any atom is -0.493 e. The first kappa shape index (κ1) is 35.0. The van der Waals surface area contributed by atoms with Gasteiger partial charge in [-0.2, -0.15) is 0 Å². The number of rotatable bonds is 6. The van der Waals surface area contributed by atoms with Crippen LogP contribution in [0.3, 0.4) is 0 Å². The molecule has 2 heterocycles. The summed E-state index contributed by atoms with van der Waals surface area (Å²) in [5.41, 5.74) is 0.449. The largest absolute Gasteiger partial charge is 0.493 e. The Morgan fingerprint density at radius 3 is 2.47 bits per heavy atom. The van der Waals surface area contributed by atoms with Gasteiger partial charge in [0.15, 0.2) is 0 Å².